The first kappa shape index (κ1) is 29.5. The van der Waals surface area contributed by atoms with E-state index in [-0.39, 0.29) is 41.5 Å². The number of amides is 3. The van der Waals surface area contributed by atoms with Crippen LogP contribution < -0.4 is 10.6 Å². The number of benzene rings is 1. The molecule has 6 atom stereocenters. The summed E-state index contributed by atoms with van der Waals surface area (Å²) in [5.41, 5.74) is -0.350. The van der Waals surface area contributed by atoms with Gasteiger partial charge in [0.2, 0.25) is 11.8 Å². The van der Waals surface area contributed by atoms with Crippen molar-refractivity contribution in [2.45, 2.75) is 111 Å². The van der Waals surface area contributed by atoms with Crippen molar-refractivity contribution in [2.75, 3.05) is 0 Å². The third kappa shape index (κ3) is 7.87. The summed E-state index contributed by atoms with van der Waals surface area (Å²) < 4.78 is 5.44. The highest BCUT2D eigenvalue weighted by atomic mass is 16.6. The molecule has 8 nitrogen and oxygen atoms in total. The van der Waals surface area contributed by atoms with Crippen LogP contribution in [0.15, 0.2) is 24.3 Å². The van der Waals surface area contributed by atoms with E-state index >= 15 is 0 Å². The van der Waals surface area contributed by atoms with Crippen LogP contribution in [0.25, 0.3) is 0 Å². The summed E-state index contributed by atoms with van der Waals surface area (Å²) in [6, 6.07) is 4.45. The number of para-hydroxylation sites is 1. The summed E-state index contributed by atoms with van der Waals surface area (Å²) in [5.74, 6) is -0.746. The summed E-state index contributed by atoms with van der Waals surface area (Å²) in [5, 5.41) is 16.5. The fourth-order valence-electron chi connectivity index (χ4n) is 4.41. The lowest BCUT2D eigenvalue weighted by molar-refractivity contribution is -0.144. The molecule has 3 amide bonds. The van der Waals surface area contributed by atoms with E-state index < -0.39 is 23.8 Å². The van der Waals surface area contributed by atoms with Gasteiger partial charge in [-0.2, -0.15) is 0 Å². The summed E-state index contributed by atoms with van der Waals surface area (Å²) >= 11 is 0. The van der Waals surface area contributed by atoms with Crippen LogP contribution in [0, 0.1) is 11.8 Å². The molecule has 1 saturated carbocycles. The molecule has 202 valence electrons. The second kappa shape index (κ2) is 12.5. The molecule has 1 aliphatic carbocycles. The number of ether oxygens (including phenoxy) is 1. The maximum Gasteiger partial charge on any atom is 0.408 e. The molecule has 0 heterocycles. The van der Waals surface area contributed by atoms with Crippen molar-refractivity contribution in [1.29, 1.82) is 0 Å². The first-order valence-corrected chi connectivity index (χ1v) is 13.2. The van der Waals surface area contributed by atoms with Crippen LogP contribution in [0.4, 0.5) is 4.79 Å². The molecule has 1 fully saturated rings. The summed E-state index contributed by atoms with van der Waals surface area (Å²) in [6.07, 6.45) is 2.41. The number of carbonyl (C=O) groups is 3. The number of hydrogen-bond donors (Lipinski definition) is 3. The molecule has 0 radical (unpaired) electrons. The van der Waals surface area contributed by atoms with E-state index in [2.05, 4.69) is 10.6 Å². The molecule has 2 rings (SSSR count). The lowest BCUT2D eigenvalue weighted by Crippen LogP contribution is -2.56. The quantitative estimate of drug-likeness (QED) is 0.397. The summed E-state index contributed by atoms with van der Waals surface area (Å²) in [6.45, 7) is 15.1. The highest BCUT2D eigenvalue weighted by molar-refractivity contribution is 5.93. The van der Waals surface area contributed by atoms with Gasteiger partial charge in [0.25, 0.3) is 0 Å². The topological polar surface area (TPSA) is 108 Å². The highest BCUT2D eigenvalue weighted by Crippen LogP contribution is 2.42. The van der Waals surface area contributed by atoms with Crippen molar-refractivity contribution >= 4 is 17.9 Å². The van der Waals surface area contributed by atoms with Crippen LogP contribution >= 0.6 is 0 Å². The molecule has 6 unspecified atom stereocenters. The zero-order valence-corrected chi connectivity index (χ0v) is 23.1. The molecule has 0 aromatic heterocycles. The van der Waals surface area contributed by atoms with Crippen molar-refractivity contribution in [2.24, 2.45) is 11.8 Å². The van der Waals surface area contributed by atoms with Gasteiger partial charge in [-0.05, 0) is 58.4 Å². The molecule has 1 aromatic rings. The van der Waals surface area contributed by atoms with Gasteiger partial charge >= 0.3 is 6.09 Å². The molecule has 0 spiro atoms. The third-order valence-electron chi connectivity index (χ3n) is 6.70. The van der Waals surface area contributed by atoms with Gasteiger partial charge in [-0.1, -0.05) is 58.7 Å². The van der Waals surface area contributed by atoms with Crippen molar-refractivity contribution in [3.8, 4) is 5.75 Å². The average Bonchev–Trinajstić information content (AvgIpc) is 3.50. The van der Waals surface area contributed by atoms with Crippen LogP contribution in [-0.4, -0.2) is 51.6 Å². The van der Waals surface area contributed by atoms with Crippen LogP contribution in [0.5, 0.6) is 5.75 Å². The zero-order valence-electron chi connectivity index (χ0n) is 23.1. The fraction of sp³-hybridized carbons (Fsp3) is 0.679. The van der Waals surface area contributed by atoms with Gasteiger partial charge in [-0.15, -0.1) is 0 Å². The second-order valence-corrected chi connectivity index (χ2v) is 11.2. The molecule has 3 N–H and O–H groups in total. The average molecular weight is 504 g/mol. The smallest absolute Gasteiger partial charge is 0.408 e. The normalized spacial score (nSPS) is 20.4. The van der Waals surface area contributed by atoms with Crippen molar-refractivity contribution in [3.63, 3.8) is 0 Å². The number of carbonyl (C=O) groups excluding carboxylic acids is 3. The molecule has 8 heteroatoms. The molecule has 0 saturated heterocycles. The van der Waals surface area contributed by atoms with Crippen LogP contribution in [0.2, 0.25) is 0 Å². The first-order valence-electron chi connectivity index (χ1n) is 13.2. The Bertz CT molecular complexity index is 913. The number of rotatable bonds is 11. The maximum atomic E-state index is 14.2. The van der Waals surface area contributed by atoms with Crippen LogP contribution in [-0.2, 0) is 14.3 Å². The predicted octanol–water partition coefficient (Wildman–Crippen LogP) is 4.91. The third-order valence-corrected chi connectivity index (χ3v) is 6.70. The Balaban J connectivity index is 2.52. The molecule has 36 heavy (non-hydrogen) atoms. The molecule has 1 aliphatic rings. The minimum Gasteiger partial charge on any atom is -0.508 e. The Hall–Kier alpha value is -2.77. The van der Waals surface area contributed by atoms with E-state index in [1.807, 2.05) is 34.6 Å². The van der Waals surface area contributed by atoms with Gasteiger partial charge in [0.1, 0.15) is 23.4 Å². The summed E-state index contributed by atoms with van der Waals surface area (Å²) in [7, 11) is 0. The molecular formula is C28H45N3O5. The van der Waals surface area contributed by atoms with E-state index in [1.54, 1.807) is 43.9 Å². The van der Waals surface area contributed by atoms with Gasteiger partial charge in [0, 0.05) is 17.6 Å². The number of nitrogens with one attached hydrogen (secondary N) is 2. The number of phenols is 1. The summed E-state index contributed by atoms with van der Waals surface area (Å²) in [4.78, 5) is 42.2. The maximum absolute atomic E-state index is 14.2. The van der Waals surface area contributed by atoms with E-state index in [4.69, 9.17) is 4.74 Å². The van der Waals surface area contributed by atoms with Crippen LogP contribution in [0.1, 0.15) is 92.7 Å². The number of aromatic hydroxyl groups is 1. The van der Waals surface area contributed by atoms with E-state index in [0.29, 0.717) is 12.0 Å². The minimum absolute atomic E-state index is 0.0490. The van der Waals surface area contributed by atoms with Crippen molar-refractivity contribution in [1.82, 2.24) is 15.5 Å². The number of nitrogens with zero attached hydrogens (tertiary/aromatic N) is 1. The second-order valence-electron chi connectivity index (χ2n) is 11.2. The standard InChI is InChI=1S/C28H45N3O5/c1-9-13-19(5)29-25(33)24(20-14-11-12-15-22(20)32)31(21-16-18(21)4)26(34)23(17(3)10-2)30-27(35)36-28(6,7)8/h11-12,14-15,17-19,21,23-24,32H,9-10,13,16H2,1-8H3,(H,29,33)(H,30,35). The van der Waals surface area contributed by atoms with Crippen LogP contribution in [0.3, 0.4) is 0 Å². The van der Waals surface area contributed by atoms with Gasteiger partial charge < -0.3 is 25.4 Å². The first-order chi connectivity index (χ1) is 16.8. The fourth-order valence-corrected chi connectivity index (χ4v) is 4.41. The van der Waals surface area contributed by atoms with Crippen molar-refractivity contribution < 1.29 is 24.2 Å². The van der Waals surface area contributed by atoms with Crippen molar-refractivity contribution in [3.05, 3.63) is 29.8 Å². The number of hydrogen-bond acceptors (Lipinski definition) is 5. The van der Waals surface area contributed by atoms with Gasteiger partial charge in [0.05, 0.1) is 0 Å². The predicted molar refractivity (Wildman–Crippen MR) is 140 cm³/mol. The lowest BCUT2D eigenvalue weighted by atomic mass is 9.95. The SMILES string of the molecule is CCCC(C)NC(=O)C(c1ccccc1O)N(C(=O)C(NC(=O)OC(C)(C)C)C(C)CC)C1CC1C. The molecule has 0 bridgehead atoms. The highest BCUT2D eigenvalue weighted by Gasteiger charge is 2.49. The molecule has 0 aliphatic heterocycles. The van der Waals surface area contributed by atoms with Gasteiger partial charge in [-0.25, -0.2) is 4.79 Å². The van der Waals surface area contributed by atoms with E-state index in [0.717, 1.165) is 19.3 Å². The molecular weight excluding hydrogens is 458 g/mol. The van der Waals surface area contributed by atoms with E-state index in [9.17, 15) is 19.5 Å². The monoisotopic (exact) mass is 503 g/mol. The van der Waals surface area contributed by atoms with Gasteiger partial charge in [0.15, 0.2) is 0 Å². The Labute approximate surface area is 216 Å². The largest absolute Gasteiger partial charge is 0.508 e. The van der Waals surface area contributed by atoms with E-state index in [1.165, 1.54) is 6.07 Å². The number of phenolic OH excluding ortho intramolecular Hbond substituents is 1. The Morgan fingerprint density at radius 1 is 1.14 bits per heavy atom. The Morgan fingerprint density at radius 3 is 2.25 bits per heavy atom. The van der Waals surface area contributed by atoms with Gasteiger partial charge in [-0.3, -0.25) is 9.59 Å². The Morgan fingerprint density at radius 2 is 1.75 bits per heavy atom. The number of alkyl carbamates (subject to hydrolysis) is 1. The minimum atomic E-state index is -1.03. The zero-order chi connectivity index (χ0) is 27.2. The lowest BCUT2D eigenvalue weighted by Gasteiger charge is -2.37. The molecule has 1 aromatic carbocycles. The Kier molecular flexibility index (Phi) is 10.2.